The van der Waals surface area contributed by atoms with Gasteiger partial charge in [0, 0.05) is 37.3 Å². The maximum absolute atomic E-state index is 6.55. The van der Waals surface area contributed by atoms with Gasteiger partial charge in [-0.25, -0.2) is 9.97 Å². The lowest BCUT2D eigenvalue weighted by Crippen LogP contribution is -2.34. The Morgan fingerprint density at radius 1 is 1.17 bits per heavy atom. The van der Waals surface area contributed by atoms with Gasteiger partial charge in [0.1, 0.15) is 17.9 Å². The van der Waals surface area contributed by atoms with Crippen molar-refractivity contribution < 1.29 is 4.74 Å². The molecule has 1 saturated carbocycles. The van der Waals surface area contributed by atoms with Crippen molar-refractivity contribution in [2.45, 2.75) is 63.5 Å². The van der Waals surface area contributed by atoms with Gasteiger partial charge in [0.25, 0.3) is 0 Å². The molecule has 4 rings (SSSR count). The number of hydrogen-bond acceptors (Lipinski definition) is 7. The van der Waals surface area contributed by atoms with Crippen LogP contribution in [0.3, 0.4) is 0 Å². The Kier molecular flexibility index (Phi) is 5.59. The highest BCUT2D eigenvalue weighted by Crippen LogP contribution is 2.49. The molecule has 7 nitrogen and oxygen atoms in total. The zero-order valence-corrected chi connectivity index (χ0v) is 18.3. The van der Waals surface area contributed by atoms with E-state index in [1.165, 1.54) is 5.56 Å². The second-order valence-electron chi connectivity index (χ2n) is 9.35. The monoisotopic (exact) mass is 410 g/mol. The van der Waals surface area contributed by atoms with E-state index in [2.05, 4.69) is 47.9 Å². The smallest absolute Gasteiger partial charge is 0.143 e. The lowest BCUT2D eigenvalue weighted by atomic mass is 9.71. The molecule has 0 spiro atoms. The molecule has 1 fully saturated rings. The number of ether oxygens (including phenoxy) is 1. The normalized spacial score (nSPS) is 22.2. The third-order valence-corrected chi connectivity index (χ3v) is 6.53. The number of nitrogens with zero attached hydrogens (tertiary/aromatic N) is 3. The van der Waals surface area contributed by atoms with Crippen LogP contribution in [0.4, 0.5) is 11.5 Å². The Balaban J connectivity index is 1.81. The summed E-state index contributed by atoms with van der Waals surface area (Å²) < 4.78 is 6.55. The third kappa shape index (κ3) is 3.72. The van der Waals surface area contributed by atoms with Crippen molar-refractivity contribution in [3.05, 3.63) is 29.6 Å². The summed E-state index contributed by atoms with van der Waals surface area (Å²) in [6.07, 6.45) is 6.62. The van der Waals surface area contributed by atoms with E-state index >= 15 is 0 Å². The number of aromatic nitrogens is 2. The predicted octanol–water partition coefficient (Wildman–Crippen LogP) is 2.60. The molecule has 0 unspecified atom stereocenters. The van der Waals surface area contributed by atoms with Crippen molar-refractivity contribution in [2.75, 3.05) is 30.8 Å². The average molecular weight is 411 g/mol. The molecule has 2 aliphatic rings. The van der Waals surface area contributed by atoms with E-state index in [0.717, 1.165) is 66.9 Å². The lowest BCUT2D eigenvalue weighted by molar-refractivity contribution is 0.147. The molecule has 1 aromatic heterocycles. The molecule has 0 bridgehead atoms. The van der Waals surface area contributed by atoms with E-state index < -0.39 is 0 Å². The molecular formula is C23H34N6O. The van der Waals surface area contributed by atoms with Crippen LogP contribution in [0.1, 0.15) is 50.7 Å². The molecule has 162 valence electrons. The number of fused-ring (bicyclic) bond motifs is 3. The first-order chi connectivity index (χ1) is 14.3. The lowest BCUT2D eigenvalue weighted by Gasteiger charge is -2.37. The summed E-state index contributed by atoms with van der Waals surface area (Å²) in [5.74, 6) is 1.48. The molecule has 2 aliphatic carbocycles. The molecule has 30 heavy (non-hydrogen) atoms. The van der Waals surface area contributed by atoms with Gasteiger partial charge in [-0.05, 0) is 55.2 Å². The van der Waals surface area contributed by atoms with Crippen molar-refractivity contribution in [2.24, 2.45) is 11.5 Å². The van der Waals surface area contributed by atoms with Crippen molar-refractivity contribution >= 4 is 11.5 Å². The van der Waals surface area contributed by atoms with Crippen LogP contribution in [-0.2, 0) is 11.8 Å². The van der Waals surface area contributed by atoms with Gasteiger partial charge in [-0.15, -0.1) is 0 Å². The van der Waals surface area contributed by atoms with Gasteiger partial charge in [0.2, 0.25) is 0 Å². The van der Waals surface area contributed by atoms with Crippen LogP contribution >= 0.6 is 0 Å². The van der Waals surface area contributed by atoms with Gasteiger partial charge < -0.3 is 26.8 Å². The molecule has 0 atom stereocenters. The first-order valence-corrected chi connectivity index (χ1v) is 10.9. The second kappa shape index (κ2) is 8.04. The van der Waals surface area contributed by atoms with Crippen molar-refractivity contribution in [3.63, 3.8) is 0 Å². The number of likely N-dealkylation sites (N-methyl/N-ethyl adjacent to an activating group) is 1. The van der Waals surface area contributed by atoms with Crippen LogP contribution in [-0.4, -0.2) is 42.3 Å². The maximum atomic E-state index is 6.55. The second-order valence-corrected chi connectivity index (χ2v) is 9.35. The molecule has 0 radical (unpaired) electrons. The van der Waals surface area contributed by atoms with Crippen LogP contribution in [0.15, 0.2) is 18.5 Å². The number of benzene rings is 1. The minimum Gasteiger partial charge on any atom is -0.488 e. The van der Waals surface area contributed by atoms with E-state index in [1.807, 2.05) is 0 Å². The van der Waals surface area contributed by atoms with Gasteiger partial charge in [-0.1, -0.05) is 13.8 Å². The highest BCUT2D eigenvalue weighted by Gasteiger charge is 2.37. The van der Waals surface area contributed by atoms with Gasteiger partial charge in [-0.2, -0.15) is 0 Å². The van der Waals surface area contributed by atoms with E-state index in [9.17, 15) is 0 Å². The Bertz CT molecular complexity index is 920. The minimum atomic E-state index is -0.178. The number of rotatable bonds is 5. The summed E-state index contributed by atoms with van der Waals surface area (Å²) in [4.78, 5) is 11.1. The van der Waals surface area contributed by atoms with Gasteiger partial charge in [-0.3, -0.25) is 0 Å². The number of hydrogen-bond donors (Lipinski definition) is 3. The molecule has 1 heterocycles. The third-order valence-electron chi connectivity index (χ3n) is 6.53. The summed E-state index contributed by atoms with van der Waals surface area (Å²) in [7, 11) is 2.09. The molecular weight excluding hydrogens is 376 g/mol. The fourth-order valence-electron chi connectivity index (χ4n) is 5.02. The first-order valence-electron chi connectivity index (χ1n) is 10.9. The Morgan fingerprint density at radius 3 is 2.60 bits per heavy atom. The van der Waals surface area contributed by atoms with E-state index in [0.29, 0.717) is 18.4 Å². The summed E-state index contributed by atoms with van der Waals surface area (Å²) in [6, 6.07) is 4.51. The van der Waals surface area contributed by atoms with E-state index in [1.54, 1.807) is 6.33 Å². The number of nitrogen functional groups attached to an aromatic ring is 1. The number of anilines is 2. The molecule has 2 aromatic rings. The van der Waals surface area contributed by atoms with Gasteiger partial charge in [0.15, 0.2) is 0 Å². The number of nitrogens with two attached hydrogens (primary N) is 3. The maximum Gasteiger partial charge on any atom is 0.143 e. The summed E-state index contributed by atoms with van der Waals surface area (Å²) >= 11 is 0. The van der Waals surface area contributed by atoms with Crippen LogP contribution in [0.2, 0.25) is 0 Å². The molecule has 6 N–H and O–H groups in total. The van der Waals surface area contributed by atoms with Crippen molar-refractivity contribution in [1.29, 1.82) is 0 Å². The van der Waals surface area contributed by atoms with Crippen LogP contribution in [0.25, 0.3) is 11.3 Å². The SMILES string of the molecule is CN(CCN)c1c(OC2CCC(N)CC2)ccc2c1CC(C)(C)c1c(N)ncnc1-2. The minimum absolute atomic E-state index is 0.178. The average Bonchev–Trinajstić information content (AvgIpc) is 2.69. The van der Waals surface area contributed by atoms with Gasteiger partial charge in [0.05, 0.1) is 17.5 Å². The Labute approximate surface area is 179 Å². The van der Waals surface area contributed by atoms with Crippen molar-refractivity contribution in [3.8, 4) is 17.0 Å². The predicted molar refractivity (Wildman–Crippen MR) is 122 cm³/mol. The summed E-state index contributed by atoms with van der Waals surface area (Å²) in [6.45, 7) is 5.74. The Hall–Kier alpha value is -2.38. The zero-order chi connectivity index (χ0) is 21.5. The standard InChI is InChI=1S/C23H34N6O/c1-23(2)12-17-16(20-19(23)22(26)28-13-27-20)8-9-18(21(17)29(3)11-10-24)30-15-6-4-14(25)5-7-15/h8-9,13-15H,4-7,10-12,24-25H2,1-3H3,(H2,26,27,28). The molecule has 0 amide bonds. The van der Waals surface area contributed by atoms with Crippen LogP contribution < -0.4 is 26.8 Å². The molecule has 0 saturated heterocycles. The topological polar surface area (TPSA) is 116 Å². The fourth-order valence-corrected chi connectivity index (χ4v) is 5.02. The van der Waals surface area contributed by atoms with Crippen LogP contribution in [0.5, 0.6) is 5.75 Å². The highest BCUT2D eigenvalue weighted by molar-refractivity contribution is 5.83. The largest absolute Gasteiger partial charge is 0.488 e. The summed E-state index contributed by atoms with van der Waals surface area (Å²) in [5.41, 5.74) is 23.5. The molecule has 7 heteroatoms. The zero-order valence-electron chi connectivity index (χ0n) is 18.3. The van der Waals surface area contributed by atoms with Crippen LogP contribution in [0, 0.1) is 0 Å². The highest BCUT2D eigenvalue weighted by atomic mass is 16.5. The Morgan fingerprint density at radius 2 is 1.90 bits per heavy atom. The van der Waals surface area contributed by atoms with E-state index in [-0.39, 0.29) is 11.5 Å². The molecule has 0 aliphatic heterocycles. The quantitative estimate of drug-likeness (QED) is 0.694. The van der Waals surface area contributed by atoms with Crippen molar-refractivity contribution in [1.82, 2.24) is 9.97 Å². The van der Waals surface area contributed by atoms with Gasteiger partial charge >= 0.3 is 0 Å². The fraction of sp³-hybridized carbons (Fsp3) is 0.565. The molecule has 1 aromatic carbocycles. The summed E-state index contributed by atoms with van der Waals surface area (Å²) in [5, 5.41) is 0. The van der Waals surface area contributed by atoms with E-state index in [4.69, 9.17) is 21.9 Å². The first kappa shape index (κ1) is 20.9.